The number of fused-ring (bicyclic) bond motifs is 1. The van der Waals surface area contributed by atoms with Crippen LogP contribution in [0.5, 0.6) is 5.75 Å². The first kappa shape index (κ1) is 24.3. The number of benzene rings is 1. The summed E-state index contributed by atoms with van der Waals surface area (Å²) in [5, 5.41) is 2.99. The van der Waals surface area contributed by atoms with Gasteiger partial charge in [0.1, 0.15) is 18.2 Å². The standard InChI is InChI=1S/C24H28N6O4S/c1-4-7-17-8-6-13-30(17)20-14-16(11-12-26-20)23(31)27-24(2,3)15-34-19-10-5-9-18-21(19)22(25)29-35(32,33)28-18/h5-6,8-14,28H,4,7,15H2,1-3H3,(H2,25,29)(H,27,31). The number of nitrogens with zero attached hydrogens (tertiary/aromatic N) is 3. The molecule has 10 nitrogen and oxygen atoms in total. The summed E-state index contributed by atoms with van der Waals surface area (Å²) in [7, 11) is -3.88. The second-order valence-corrected chi connectivity index (χ2v) is 10.2. The van der Waals surface area contributed by atoms with Crippen LogP contribution in [0.1, 0.15) is 48.8 Å². The van der Waals surface area contributed by atoms with Crippen molar-refractivity contribution in [3.63, 3.8) is 0 Å². The molecule has 0 spiro atoms. The Labute approximate surface area is 204 Å². The summed E-state index contributed by atoms with van der Waals surface area (Å²) in [5.41, 5.74) is 7.36. The molecule has 4 rings (SSSR count). The van der Waals surface area contributed by atoms with Crippen molar-refractivity contribution in [3.05, 3.63) is 71.7 Å². The number of nitrogens with one attached hydrogen (secondary N) is 2. The van der Waals surface area contributed by atoms with E-state index in [1.807, 2.05) is 36.7 Å². The number of hydrogen-bond acceptors (Lipinski definition) is 6. The molecule has 1 aliphatic rings. The number of nitrogens with two attached hydrogens (primary N) is 1. The van der Waals surface area contributed by atoms with Gasteiger partial charge in [-0.1, -0.05) is 19.4 Å². The largest absolute Gasteiger partial charge is 0.490 e. The quantitative estimate of drug-likeness (QED) is 0.438. The zero-order valence-electron chi connectivity index (χ0n) is 19.8. The minimum Gasteiger partial charge on any atom is -0.490 e. The van der Waals surface area contributed by atoms with Crippen molar-refractivity contribution >= 4 is 27.6 Å². The van der Waals surface area contributed by atoms with E-state index in [1.165, 1.54) is 0 Å². The lowest BCUT2D eigenvalue weighted by molar-refractivity contribution is 0.0880. The van der Waals surface area contributed by atoms with Gasteiger partial charge in [-0.05, 0) is 56.7 Å². The van der Waals surface area contributed by atoms with Crippen molar-refractivity contribution in [2.24, 2.45) is 10.1 Å². The van der Waals surface area contributed by atoms with Crippen LogP contribution in [0.15, 0.2) is 59.3 Å². The summed E-state index contributed by atoms with van der Waals surface area (Å²) in [6.45, 7) is 5.87. The lowest BCUT2D eigenvalue weighted by atomic mass is 10.1. The first-order valence-corrected chi connectivity index (χ1v) is 12.6. The number of carbonyl (C=O) groups is 1. The zero-order chi connectivity index (χ0) is 25.2. The fraction of sp³-hybridized carbons (Fsp3) is 0.292. The molecule has 0 atom stereocenters. The van der Waals surface area contributed by atoms with Gasteiger partial charge in [-0.25, -0.2) is 4.98 Å². The normalized spacial score (nSPS) is 14.4. The first-order valence-electron chi connectivity index (χ1n) is 11.2. The molecule has 1 aromatic carbocycles. The highest BCUT2D eigenvalue weighted by atomic mass is 32.2. The molecule has 3 heterocycles. The Morgan fingerprint density at radius 2 is 2.03 bits per heavy atom. The van der Waals surface area contributed by atoms with Gasteiger partial charge < -0.3 is 20.4 Å². The van der Waals surface area contributed by atoms with Crippen molar-refractivity contribution in [1.82, 2.24) is 14.9 Å². The Morgan fingerprint density at radius 3 is 2.80 bits per heavy atom. The summed E-state index contributed by atoms with van der Waals surface area (Å²) in [5.74, 6) is 0.604. The third-order valence-corrected chi connectivity index (χ3v) is 6.29. The van der Waals surface area contributed by atoms with Gasteiger partial charge in [0.15, 0.2) is 5.84 Å². The third-order valence-electron chi connectivity index (χ3n) is 5.37. The molecule has 0 saturated carbocycles. The minimum atomic E-state index is -3.88. The van der Waals surface area contributed by atoms with Crippen LogP contribution in [0.3, 0.4) is 0 Å². The van der Waals surface area contributed by atoms with Crippen molar-refractivity contribution in [1.29, 1.82) is 0 Å². The highest BCUT2D eigenvalue weighted by molar-refractivity contribution is 7.91. The molecule has 0 unspecified atom stereocenters. The van der Waals surface area contributed by atoms with Crippen LogP contribution in [0, 0.1) is 0 Å². The fourth-order valence-electron chi connectivity index (χ4n) is 3.80. The van der Waals surface area contributed by atoms with Crippen LogP contribution in [-0.2, 0) is 16.6 Å². The van der Waals surface area contributed by atoms with Crippen LogP contribution in [0.4, 0.5) is 5.69 Å². The van der Waals surface area contributed by atoms with Crippen LogP contribution in [-0.4, -0.2) is 41.9 Å². The van der Waals surface area contributed by atoms with E-state index in [0.29, 0.717) is 22.7 Å². The molecule has 184 valence electrons. The molecule has 1 aliphatic heterocycles. The van der Waals surface area contributed by atoms with E-state index < -0.39 is 15.7 Å². The van der Waals surface area contributed by atoms with Crippen LogP contribution >= 0.6 is 0 Å². The molecular weight excluding hydrogens is 468 g/mol. The fourth-order valence-corrected chi connectivity index (χ4v) is 4.65. The highest BCUT2D eigenvalue weighted by Crippen LogP contribution is 2.31. The third kappa shape index (κ3) is 5.46. The molecular formula is C24H28N6O4S. The van der Waals surface area contributed by atoms with Gasteiger partial charge >= 0.3 is 10.2 Å². The predicted molar refractivity (Wildman–Crippen MR) is 134 cm³/mol. The Morgan fingerprint density at radius 1 is 1.23 bits per heavy atom. The second-order valence-electron chi connectivity index (χ2n) is 8.88. The summed E-state index contributed by atoms with van der Waals surface area (Å²) >= 11 is 0. The average molecular weight is 497 g/mol. The van der Waals surface area contributed by atoms with Gasteiger partial charge in [0.2, 0.25) is 0 Å². The monoisotopic (exact) mass is 496 g/mol. The van der Waals surface area contributed by atoms with E-state index in [0.717, 1.165) is 18.5 Å². The average Bonchev–Trinajstić information content (AvgIpc) is 3.25. The Bertz CT molecular complexity index is 1390. The number of amides is 1. The molecule has 4 N–H and O–H groups in total. The maximum Gasteiger partial charge on any atom is 0.344 e. The number of ether oxygens (including phenoxy) is 1. The molecule has 0 aliphatic carbocycles. The van der Waals surface area contributed by atoms with Crippen LogP contribution < -0.4 is 20.5 Å². The highest BCUT2D eigenvalue weighted by Gasteiger charge is 2.27. The number of carbonyl (C=O) groups excluding carboxylic acids is 1. The summed E-state index contributed by atoms with van der Waals surface area (Å²) in [6.07, 6.45) is 5.47. The minimum absolute atomic E-state index is 0.103. The first-order chi connectivity index (χ1) is 16.6. The lowest BCUT2D eigenvalue weighted by Crippen LogP contribution is -2.48. The Hall–Kier alpha value is -3.86. The topological polar surface area (TPSA) is 141 Å². The Balaban J connectivity index is 1.47. The van der Waals surface area contributed by atoms with Crippen molar-refractivity contribution in [2.45, 2.75) is 39.2 Å². The predicted octanol–water partition coefficient (Wildman–Crippen LogP) is 2.79. The van der Waals surface area contributed by atoms with E-state index in [-0.39, 0.29) is 24.0 Å². The number of rotatable bonds is 8. The van der Waals surface area contributed by atoms with Crippen LogP contribution in [0.2, 0.25) is 0 Å². The summed E-state index contributed by atoms with van der Waals surface area (Å²) < 4.78 is 37.3. The Kier molecular flexibility index (Phi) is 6.53. The van der Waals surface area contributed by atoms with Crippen molar-refractivity contribution in [3.8, 4) is 11.6 Å². The second kappa shape index (κ2) is 9.41. The van der Waals surface area contributed by atoms with Gasteiger partial charge in [0.05, 0.1) is 16.8 Å². The zero-order valence-corrected chi connectivity index (χ0v) is 20.6. The summed E-state index contributed by atoms with van der Waals surface area (Å²) in [6, 6.07) is 12.3. The molecule has 2 aromatic heterocycles. The molecule has 0 radical (unpaired) electrons. The maximum absolute atomic E-state index is 13.0. The van der Waals surface area contributed by atoms with Gasteiger partial charge in [0, 0.05) is 23.7 Å². The van der Waals surface area contributed by atoms with Gasteiger partial charge in [-0.15, -0.1) is 4.40 Å². The molecule has 0 fully saturated rings. The van der Waals surface area contributed by atoms with Crippen molar-refractivity contribution in [2.75, 3.05) is 11.3 Å². The number of hydrogen-bond donors (Lipinski definition) is 3. The van der Waals surface area contributed by atoms with E-state index >= 15 is 0 Å². The molecule has 1 amide bonds. The summed E-state index contributed by atoms with van der Waals surface area (Å²) in [4.78, 5) is 17.5. The van der Waals surface area contributed by atoms with Gasteiger partial charge in [-0.2, -0.15) is 8.42 Å². The smallest absolute Gasteiger partial charge is 0.344 e. The number of anilines is 1. The van der Waals surface area contributed by atoms with Crippen LogP contribution in [0.25, 0.3) is 5.82 Å². The van der Waals surface area contributed by atoms with E-state index in [1.54, 1.807) is 36.5 Å². The van der Waals surface area contributed by atoms with E-state index in [4.69, 9.17) is 10.5 Å². The molecule has 35 heavy (non-hydrogen) atoms. The number of aromatic nitrogens is 2. The molecule has 3 aromatic rings. The SMILES string of the molecule is CCCc1cccn1-c1cc(C(=O)NC(C)(C)COc2cccc3c2C(N)=NS(=O)(=O)N3)ccn1. The van der Waals surface area contributed by atoms with Gasteiger partial charge in [0.25, 0.3) is 5.91 Å². The number of pyridine rings is 1. The van der Waals surface area contributed by atoms with Crippen molar-refractivity contribution < 1.29 is 17.9 Å². The van der Waals surface area contributed by atoms with Gasteiger partial charge in [-0.3, -0.25) is 9.52 Å². The molecule has 0 bridgehead atoms. The number of aryl methyl sites for hydroxylation is 1. The molecule has 11 heteroatoms. The maximum atomic E-state index is 13.0. The molecule has 0 saturated heterocycles. The lowest BCUT2D eigenvalue weighted by Gasteiger charge is -2.27. The van der Waals surface area contributed by atoms with E-state index in [2.05, 4.69) is 26.3 Å². The van der Waals surface area contributed by atoms with E-state index in [9.17, 15) is 13.2 Å². The number of amidine groups is 1.